The van der Waals surface area contributed by atoms with Crippen LogP contribution in [-0.2, 0) is 49.6 Å². The van der Waals surface area contributed by atoms with Crippen LogP contribution >= 0.6 is 0 Å². The number of hydrogen-bond acceptors (Lipinski definition) is 9. The average Bonchev–Trinajstić information content (AvgIpc) is 3.89. The molecule has 5 heterocycles. The van der Waals surface area contributed by atoms with E-state index in [1.165, 1.54) is 15.2 Å². The van der Waals surface area contributed by atoms with Crippen molar-refractivity contribution < 1.29 is 36.7 Å². The van der Waals surface area contributed by atoms with Gasteiger partial charge in [0.1, 0.15) is 37.2 Å². The van der Waals surface area contributed by atoms with Crippen molar-refractivity contribution in [2.24, 2.45) is 7.05 Å². The van der Waals surface area contributed by atoms with Crippen LogP contribution in [0.2, 0.25) is 0 Å². The number of ether oxygens (including phenoxy) is 1. The number of imide groups is 1. The molecule has 3 aliphatic rings. The largest absolute Gasteiger partial charge is 0.487 e. The first-order valence-electron chi connectivity index (χ1n) is 19.5. The Kier molecular flexibility index (Phi) is 9.73. The van der Waals surface area contributed by atoms with E-state index < -0.39 is 40.4 Å². The molecule has 3 aliphatic heterocycles. The molecule has 3 saturated heterocycles. The predicted molar refractivity (Wildman–Crippen MR) is 217 cm³/mol. The van der Waals surface area contributed by atoms with E-state index in [1.807, 2.05) is 58.2 Å². The number of amides is 4. The molecule has 1 atom stereocenters. The number of likely N-dealkylation sites (tertiary alicyclic amines) is 1. The van der Waals surface area contributed by atoms with Crippen LogP contribution in [0.25, 0.3) is 32.9 Å². The number of nitrogens with zero attached hydrogens (tertiary/aromatic N) is 6. The van der Waals surface area contributed by atoms with E-state index in [0.717, 1.165) is 11.1 Å². The molecule has 2 N–H and O–H groups in total. The fourth-order valence-electron chi connectivity index (χ4n) is 8.39. The van der Waals surface area contributed by atoms with E-state index in [4.69, 9.17) is 4.74 Å². The third-order valence-electron chi connectivity index (χ3n) is 11.5. The molecule has 16 nitrogen and oxygen atoms in total. The number of carbonyl (C=O) groups is 4. The summed E-state index contributed by atoms with van der Waals surface area (Å²) < 4.78 is 55.0. The second-order valence-corrected chi connectivity index (χ2v) is 16.9. The molecule has 0 saturated carbocycles. The van der Waals surface area contributed by atoms with Gasteiger partial charge in [-0.3, -0.25) is 38.3 Å². The van der Waals surface area contributed by atoms with Crippen molar-refractivity contribution >= 4 is 61.3 Å². The number of aryl methyl sites for hydroxylation is 1. The van der Waals surface area contributed by atoms with Crippen LogP contribution in [0, 0.1) is 5.82 Å². The number of imidazole rings is 1. The summed E-state index contributed by atoms with van der Waals surface area (Å²) in [5, 5.41) is 7.31. The molecular formula is C42H39FN8O8S. The van der Waals surface area contributed by atoms with Crippen molar-refractivity contribution in [2.75, 3.05) is 23.9 Å². The lowest BCUT2D eigenvalue weighted by molar-refractivity contribution is -0.136. The Morgan fingerprint density at radius 1 is 0.917 bits per heavy atom. The van der Waals surface area contributed by atoms with E-state index in [9.17, 15) is 32.4 Å². The predicted octanol–water partition coefficient (Wildman–Crippen LogP) is 3.64. The summed E-state index contributed by atoms with van der Waals surface area (Å²) in [4.78, 5) is 64.9. The third-order valence-corrected chi connectivity index (χ3v) is 12.9. The summed E-state index contributed by atoms with van der Waals surface area (Å²) in [6, 6.07) is 20.6. The standard InChI is InChI=1S/C42H39FN8O8S/c1-47-34-18-28(8-10-32(34)51(42(47)56)33-11-12-36(52)45-41(33)55)26-13-15-48(16-14-26)38(54)23-49-21-30(20-44-49)27-7-9-31-29(17-27)19-35(59-24-25-5-3-2-4-6-25)40(39(31)43)50-22-37(53)46-60(50,57)58/h2-10,17-21,26,33H,11-16,22-24H2,1H3,(H,46,53)(H,45,52,55). The van der Waals surface area contributed by atoms with Crippen LogP contribution in [-0.4, -0.2) is 75.5 Å². The van der Waals surface area contributed by atoms with E-state index in [-0.39, 0.29) is 66.2 Å². The second-order valence-electron chi connectivity index (χ2n) is 15.3. The SMILES string of the molecule is Cn1c(=O)n(C2CCC(=O)NC2=O)c2ccc(C3CCN(C(=O)Cn4cc(-c5ccc6c(F)c(N7CC(=O)NS7(=O)=O)c(OCc7ccccc7)cc6c5)cn4)CC3)cc21. The highest BCUT2D eigenvalue weighted by molar-refractivity contribution is 7.92. The maximum absolute atomic E-state index is 16.3. The van der Waals surface area contributed by atoms with Crippen molar-refractivity contribution in [1.82, 2.24) is 33.9 Å². The Morgan fingerprint density at radius 3 is 2.43 bits per heavy atom. The van der Waals surface area contributed by atoms with E-state index in [2.05, 4.69) is 10.4 Å². The number of piperidine rings is 2. The molecule has 0 radical (unpaired) electrons. The first kappa shape index (κ1) is 38.7. The maximum atomic E-state index is 16.3. The number of carbonyl (C=O) groups excluding carboxylic acids is 4. The minimum Gasteiger partial charge on any atom is -0.487 e. The molecular weight excluding hydrogens is 796 g/mol. The summed E-state index contributed by atoms with van der Waals surface area (Å²) in [7, 11) is -2.67. The lowest BCUT2D eigenvalue weighted by atomic mass is 9.89. The lowest BCUT2D eigenvalue weighted by Crippen LogP contribution is -2.44. The van der Waals surface area contributed by atoms with Gasteiger partial charge in [0.05, 0.1) is 17.2 Å². The van der Waals surface area contributed by atoms with Gasteiger partial charge >= 0.3 is 15.9 Å². The minimum absolute atomic E-state index is 0.00665. The highest BCUT2D eigenvalue weighted by atomic mass is 32.2. The second kappa shape index (κ2) is 15.1. The normalized spacial score (nSPS) is 18.3. The monoisotopic (exact) mass is 834 g/mol. The van der Waals surface area contributed by atoms with Gasteiger partial charge in [0, 0.05) is 43.7 Å². The summed E-state index contributed by atoms with van der Waals surface area (Å²) in [6.45, 7) is 0.494. The summed E-state index contributed by atoms with van der Waals surface area (Å²) in [5.41, 5.74) is 3.79. The van der Waals surface area contributed by atoms with Crippen LogP contribution in [0.3, 0.4) is 0 Å². The first-order valence-corrected chi connectivity index (χ1v) is 20.9. The van der Waals surface area contributed by atoms with Crippen LogP contribution in [0.1, 0.15) is 48.8 Å². The van der Waals surface area contributed by atoms with Gasteiger partial charge in [-0.05, 0) is 71.5 Å². The molecule has 4 aromatic carbocycles. The smallest absolute Gasteiger partial charge is 0.329 e. The maximum Gasteiger partial charge on any atom is 0.329 e. The number of benzene rings is 4. The zero-order chi connectivity index (χ0) is 41.9. The molecule has 1 unspecified atom stereocenters. The van der Waals surface area contributed by atoms with Crippen LogP contribution in [0.5, 0.6) is 5.75 Å². The summed E-state index contributed by atoms with van der Waals surface area (Å²) in [5.74, 6) is -2.47. The minimum atomic E-state index is -4.34. The average molecular weight is 835 g/mol. The van der Waals surface area contributed by atoms with Crippen LogP contribution in [0.4, 0.5) is 10.1 Å². The van der Waals surface area contributed by atoms with Crippen molar-refractivity contribution in [1.29, 1.82) is 0 Å². The Morgan fingerprint density at radius 2 is 1.70 bits per heavy atom. The van der Waals surface area contributed by atoms with Crippen molar-refractivity contribution in [3.63, 3.8) is 0 Å². The van der Waals surface area contributed by atoms with Gasteiger partial charge in [0.2, 0.25) is 17.7 Å². The molecule has 60 heavy (non-hydrogen) atoms. The molecule has 3 fully saturated rings. The highest BCUT2D eigenvalue weighted by Gasteiger charge is 2.38. The van der Waals surface area contributed by atoms with Gasteiger partial charge < -0.3 is 9.64 Å². The zero-order valence-corrected chi connectivity index (χ0v) is 33.2. The van der Waals surface area contributed by atoms with Crippen molar-refractivity contribution in [2.45, 2.75) is 50.8 Å². The van der Waals surface area contributed by atoms with E-state index >= 15 is 4.39 Å². The van der Waals surface area contributed by atoms with Gasteiger partial charge in [-0.25, -0.2) is 18.2 Å². The van der Waals surface area contributed by atoms with Gasteiger partial charge in [-0.2, -0.15) is 13.5 Å². The molecule has 6 aromatic rings. The highest BCUT2D eigenvalue weighted by Crippen LogP contribution is 2.41. The lowest BCUT2D eigenvalue weighted by Gasteiger charge is -2.32. The van der Waals surface area contributed by atoms with Gasteiger partial charge in [0.25, 0.3) is 5.91 Å². The first-order chi connectivity index (χ1) is 28.8. The van der Waals surface area contributed by atoms with Crippen LogP contribution in [0.15, 0.2) is 90.0 Å². The zero-order valence-electron chi connectivity index (χ0n) is 32.3. The van der Waals surface area contributed by atoms with Crippen molar-refractivity contribution in [3.8, 4) is 16.9 Å². The molecule has 0 aliphatic carbocycles. The Hall–Kier alpha value is -6.82. The quantitative estimate of drug-likeness (QED) is 0.205. The number of aromatic nitrogens is 4. The molecule has 0 spiro atoms. The fourth-order valence-corrected chi connectivity index (χ4v) is 9.55. The number of hydrogen-bond donors (Lipinski definition) is 2. The van der Waals surface area contributed by atoms with Gasteiger partial charge in [0.15, 0.2) is 5.82 Å². The molecule has 308 valence electrons. The van der Waals surface area contributed by atoms with Gasteiger partial charge in [-0.15, -0.1) is 0 Å². The summed E-state index contributed by atoms with van der Waals surface area (Å²) in [6.07, 6.45) is 5.20. The molecule has 4 amide bonds. The third kappa shape index (κ3) is 7.05. The molecule has 9 rings (SSSR count). The number of nitrogens with one attached hydrogen (secondary N) is 2. The summed E-state index contributed by atoms with van der Waals surface area (Å²) >= 11 is 0. The Balaban J connectivity index is 0.888. The topological polar surface area (TPSA) is 187 Å². The van der Waals surface area contributed by atoms with Crippen molar-refractivity contribution in [3.05, 3.63) is 113 Å². The number of anilines is 1. The number of rotatable bonds is 9. The molecule has 18 heteroatoms. The Labute approximate surface area is 342 Å². The molecule has 0 bridgehead atoms. The molecule has 2 aromatic heterocycles. The Bertz CT molecular complexity index is 2920. The van der Waals surface area contributed by atoms with Crippen LogP contribution < -0.4 is 24.8 Å². The fraction of sp³-hybridized carbons (Fsp3) is 0.286. The van der Waals surface area contributed by atoms with E-state index in [0.29, 0.717) is 57.8 Å². The number of halogens is 1. The van der Waals surface area contributed by atoms with E-state index in [1.54, 1.807) is 42.3 Å². The number of fused-ring (bicyclic) bond motifs is 2. The van der Waals surface area contributed by atoms with Gasteiger partial charge in [-0.1, -0.05) is 48.5 Å².